The molecule has 1 saturated heterocycles. The summed E-state index contributed by atoms with van der Waals surface area (Å²) < 4.78 is 5.72. The van der Waals surface area contributed by atoms with Crippen LogP contribution in [0.1, 0.15) is 56.5 Å². The first-order chi connectivity index (χ1) is 19.6. The molecule has 3 aromatic carbocycles. The van der Waals surface area contributed by atoms with E-state index in [0.717, 1.165) is 67.7 Å². The van der Waals surface area contributed by atoms with E-state index in [9.17, 15) is 4.79 Å². The van der Waals surface area contributed by atoms with Gasteiger partial charge >= 0.3 is 0 Å². The van der Waals surface area contributed by atoms with Crippen molar-refractivity contribution >= 4 is 28.4 Å². The molecule has 0 radical (unpaired) electrons. The van der Waals surface area contributed by atoms with Crippen molar-refractivity contribution < 1.29 is 9.53 Å². The molecule has 6 heteroatoms. The summed E-state index contributed by atoms with van der Waals surface area (Å²) in [5, 5.41) is 5.45. The summed E-state index contributed by atoms with van der Waals surface area (Å²) in [6, 6.07) is 22.3. The van der Waals surface area contributed by atoms with Gasteiger partial charge in [0, 0.05) is 49.8 Å². The van der Waals surface area contributed by atoms with E-state index in [1.165, 1.54) is 36.7 Å². The lowest BCUT2D eigenvalue weighted by atomic mass is 10.0. The van der Waals surface area contributed by atoms with Crippen LogP contribution in [0, 0.1) is 6.92 Å². The molecule has 3 aromatic rings. The van der Waals surface area contributed by atoms with Gasteiger partial charge < -0.3 is 19.9 Å². The van der Waals surface area contributed by atoms with E-state index in [0.29, 0.717) is 0 Å². The summed E-state index contributed by atoms with van der Waals surface area (Å²) in [5.74, 6) is 3.70. The number of carbonyl (C=O) groups is 1. The number of hydrogen-bond donors (Lipinski definition) is 1. The highest BCUT2D eigenvalue weighted by Gasteiger charge is 2.16. The Morgan fingerprint density at radius 2 is 1.65 bits per heavy atom. The third-order valence-corrected chi connectivity index (χ3v) is 7.68. The summed E-state index contributed by atoms with van der Waals surface area (Å²) >= 11 is 2.06. The molecule has 0 aliphatic carbocycles. The Labute approximate surface area is 247 Å². The SMILES string of the molecule is CC.CCNCCCN(CC)C(=O)c1cccc2ccccc12.Cc1ccc(OCCCN2CCSCC2)cc1. The van der Waals surface area contributed by atoms with Crippen LogP contribution >= 0.6 is 11.8 Å². The molecular formula is C34H51N3O2S. The molecule has 1 aliphatic rings. The van der Waals surface area contributed by atoms with Gasteiger partial charge in [-0.3, -0.25) is 4.79 Å². The molecule has 0 unspecified atom stereocenters. The molecule has 0 spiro atoms. The van der Waals surface area contributed by atoms with Crippen molar-refractivity contribution in [2.24, 2.45) is 0 Å². The maximum Gasteiger partial charge on any atom is 0.254 e. The van der Waals surface area contributed by atoms with Crippen LogP contribution in [0.5, 0.6) is 5.75 Å². The Hall–Kier alpha value is -2.54. The fraction of sp³-hybridized carbons (Fsp3) is 0.500. The molecule has 0 aromatic heterocycles. The predicted molar refractivity (Wildman–Crippen MR) is 175 cm³/mol. The highest BCUT2D eigenvalue weighted by atomic mass is 32.2. The standard InChI is InChI=1S/C18H24N2O.C14H21NOS.C2H6/c1-3-19-13-8-14-20(4-2)18(21)17-12-7-10-15-9-5-6-11-16(15)17;1-13-3-5-14(6-4-13)16-10-2-7-15-8-11-17-12-9-15;1-2/h5-7,9-12,19H,3-4,8,13-14H2,1-2H3;3-6H,2,7-12H2,1H3;1-2H3. The maximum atomic E-state index is 12.8. The van der Waals surface area contributed by atoms with E-state index in [1.807, 2.05) is 80.3 Å². The molecule has 40 heavy (non-hydrogen) atoms. The normalized spacial score (nSPS) is 13.0. The van der Waals surface area contributed by atoms with Gasteiger partial charge in [0.05, 0.1) is 6.61 Å². The molecule has 5 nitrogen and oxygen atoms in total. The lowest BCUT2D eigenvalue weighted by Crippen LogP contribution is -2.33. The molecule has 220 valence electrons. The van der Waals surface area contributed by atoms with E-state index in [2.05, 4.69) is 48.0 Å². The summed E-state index contributed by atoms with van der Waals surface area (Å²) in [4.78, 5) is 17.2. The van der Waals surface area contributed by atoms with Crippen LogP contribution < -0.4 is 10.1 Å². The van der Waals surface area contributed by atoms with Gasteiger partial charge in [-0.15, -0.1) is 0 Å². The number of carbonyl (C=O) groups excluding carboxylic acids is 1. The zero-order chi connectivity index (χ0) is 29.0. The Morgan fingerprint density at radius 3 is 2.35 bits per heavy atom. The van der Waals surface area contributed by atoms with Crippen LogP contribution in [-0.2, 0) is 0 Å². The van der Waals surface area contributed by atoms with Crippen LogP contribution in [0.25, 0.3) is 10.8 Å². The number of ether oxygens (including phenoxy) is 1. The van der Waals surface area contributed by atoms with Crippen molar-refractivity contribution in [1.29, 1.82) is 0 Å². The molecule has 0 atom stereocenters. The van der Waals surface area contributed by atoms with Gasteiger partial charge in [0.15, 0.2) is 0 Å². The summed E-state index contributed by atoms with van der Waals surface area (Å²) in [6.07, 6.45) is 2.11. The van der Waals surface area contributed by atoms with Gasteiger partial charge in [0.25, 0.3) is 5.91 Å². The third kappa shape index (κ3) is 11.9. The number of fused-ring (bicyclic) bond motifs is 1. The van der Waals surface area contributed by atoms with E-state index in [4.69, 9.17) is 4.74 Å². The minimum atomic E-state index is 0.130. The smallest absolute Gasteiger partial charge is 0.254 e. The number of amides is 1. The maximum absolute atomic E-state index is 12.8. The molecule has 1 amide bonds. The lowest BCUT2D eigenvalue weighted by Gasteiger charge is -2.25. The van der Waals surface area contributed by atoms with Crippen molar-refractivity contribution in [3.63, 3.8) is 0 Å². The quantitative estimate of drug-likeness (QED) is 0.237. The molecule has 1 fully saturated rings. The largest absolute Gasteiger partial charge is 0.494 e. The van der Waals surface area contributed by atoms with Crippen molar-refractivity contribution in [3.8, 4) is 5.75 Å². The number of thioether (sulfide) groups is 1. The van der Waals surface area contributed by atoms with Gasteiger partial charge in [-0.1, -0.05) is 74.9 Å². The van der Waals surface area contributed by atoms with Crippen molar-refractivity contribution in [2.75, 3.05) is 63.9 Å². The highest BCUT2D eigenvalue weighted by molar-refractivity contribution is 7.99. The Kier molecular flexibility index (Phi) is 17.1. The summed E-state index contributed by atoms with van der Waals surface area (Å²) in [7, 11) is 0. The minimum Gasteiger partial charge on any atom is -0.494 e. The fourth-order valence-corrected chi connectivity index (χ4v) is 5.47. The van der Waals surface area contributed by atoms with Crippen LogP contribution in [0.3, 0.4) is 0 Å². The third-order valence-electron chi connectivity index (χ3n) is 6.73. The van der Waals surface area contributed by atoms with Gasteiger partial charge in [0.1, 0.15) is 5.75 Å². The van der Waals surface area contributed by atoms with E-state index >= 15 is 0 Å². The van der Waals surface area contributed by atoms with E-state index in [1.54, 1.807) is 0 Å². The van der Waals surface area contributed by atoms with Crippen LogP contribution in [0.4, 0.5) is 0 Å². The van der Waals surface area contributed by atoms with E-state index in [-0.39, 0.29) is 5.91 Å². The molecule has 1 aliphatic heterocycles. The zero-order valence-corrected chi connectivity index (χ0v) is 26.3. The van der Waals surface area contributed by atoms with E-state index < -0.39 is 0 Å². The summed E-state index contributed by atoms with van der Waals surface area (Å²) in [6.45, 7) is 18.2. The second kappa shape index (κ2) is 20.4. The van der Waals surface area contributed by atoms with Crippen molar-refractivity contribution in [2.45, 2.75) is 47.5 Å². The molecule has 4 rings (SSSR count). The monoisotopic (exact) mass is 565 g/mol. The second-order valence-electron chi connectivity index (χ2n) is 9.59. The topological polar surface area (TPSA) is 44.8 Å². The van der Waals surface area contributed by atoms with Crippen LogP contribution in [0.2, 0.25) is 0 Å². The summed E-state index contributed by atoms with van der Waals surface area (Å²) in [5.41, 5.74) is 2.08. The first-order valence-electron chi connectivity index (χ1n) is 15.1. The number of nitrogens with one attached hydrogen (secondary N) is 1. The molecule has 1 N–H and O–H groups in total. The Bertz CT molecular complexity index is 1080. The first kappa shape index (κ1) is 33.7. The first-order valence-corrected chi connectivity index (χ1v) is 16.2. The molecule has 1 heterocycles. The number of aryl methyl sites for hydroxylation is 1. The average Bonchev–Trinajstić information content (AvgIpc) is 3.01. The van der Waals surface area contributed by atoms with Crippen LogP contribution in [0.15, 0.2) is 66.7 Å². The molecule has 0 saturated carbocycles. The van der Waals surface area contributed by atoms with Crippen LogP contribution in [-0.4, -0.2) is 79.6 Å². The number of nitrogens with zero attached hydrogens (tertiary/aromatic N) is 2. The zero-order valence-electron chi connectivity index (χ0n) is 25.5. The minimum absolute atomic E-state index is 0.130. The number of hydrogen-bond acceptors (Lipinski definition) is 5. The molecule has 0 bridgehead atoms. The lowest BCUT2D eigenvalue weighted by molar-refractivity contribution is 0.0764. The van der Waals surface area contributed by atoms with Crippen molar-refractivity contribution in [1.82, 2.24) is 15.1 Å². The Balaban J connectivity index is 0.000000269. The van der Waals surface area contributed by atoms with Gasteiger partial charge in [-0.25, -0.2) is 0 Å². The van der Waals surface area contributed by atoms with Gasteiger partial charge in [-0.05, 0) is 68.8 Å². The predicted octanol–water partition coefficient (Wildman–Crippen LogP) is 7.14. The average molecular weight is 566 g/mol. The van der Waals surface area contributed by atoms with Gasteiger partial charge in [-0.2, -0.15) is 11.8 Å². The van der Waals surface area contributed by atoms with Crippen molar-refractivity contribution in [3.05, 3.63) is 77.9 Å². The second-order valence-corrected chi connectivity index (χ2v) is 10.8. The fourth-order valence-electron chi connectivity index (χ4n) is 4.49. The number of benzene rings is 3. The highest BCUT2D eigenvalue weighted by Crippen LogP contribution is 2.20. The van der Waals surface area contributed by atoms with Gasteiger partial charge in [0.2, 0.25) is 0 Å². The molecular weight excluding hydrogens is 514 g/mol. The Morgan fingerprint density at radius 1 is 0.950 bits per heavy atom. The number of rotatable bonds is 12.